The van der Waals surface area contributed by atoms with E-state index in [1.807, 2.05) is 7.05 Å². The normalized spacial score (nSPS) is 14.4. The molecule has 3 rings (SSSR count). The SMILES string of the molecule is CNc1nc(CC(N)=O)nc2sc3c(c12)CCCC3. The van der Waals surface area contributed by atoms with Gasteiger partial charge in [-0.25, -0.2) is 9.97 Å². The molecule has 0 spiro atoms. The molecule has 0 aliphatic heterocycles. The number of aryl methyl sites for hydroxylation is 2. The van der Waals surface area contributed by atoms with Crippen LogP contribution in [0.1, 0.15) is 29.1 Å². The van der Waals surface area contributed by atoms with E-state index in [0.717, 1.165) is 28.9 Å². The average Bonchev–Trinajstić information content (AvgIpc) is 2.75. The van der Waals surface area contributed by atoms with Crippen LogP contribution in [-0.4, -0.2) is 22.9 Å². The molecule has 5 nitrogen and oxygen atoms in total. The van der Waals surface area contributed by atoms with Crippen LogP contribution in [0.3, 0.4) is 0 Å². The average molecular weight is 276 g/mol. The van der Waals surface area contributed by atoms with E-state index in [-0.39, 0.29) is 6.42 Å². The summed E-state index contributed by atoms with van der Waals surface area (Å²) in [6.07, 6.45) is 4.79. The van der Waals surface area contributed by atoms with Gasteiger partial charge in [-0.2, -0.15) is 0 Å². The van der Waals surface area contributed by atoms with Crippen LogP contribution in [0, 0.1) is 0 Å². The molecule has 0 bridgehead atoms. The number of primary amides is 1. The fourth-order valence-electron chi connectivity index (χ4n) is 2.62. The molecule has 2 aromatic rings. The lowest BCUT2D eigenvalue weighted by Gasteiger charge is -2.11. The van der Waals surface area contributed by atoms with Crippen molar-refractivity contribution in [3.8, 4) is 0 Å². The maximum Gasteiger partial charge on any atom is 0.225 e. The van der Waals surface area contributed by atoms with Crippen molar-refractivity contribution in [1.82, 2.24) is 9.97 Å². The highest BCUT2D eigenvalue weighted by atomic mass is 32.1. The third kappa shape index (κ3) is 2.16. The van der Waals surface area contributed by atoms with Gasteiger partial charge in [0, 0.05) is 11.9 Å². The second kappa shape index (κ2) is 4.77. The van der Waals surface area contributed by atoms with Crippen LogP contribution < -0.4 is 11.1 Å². The summed E-state index contributed by atoms with van der Waals surface area (Å²) in [5.74, 6) is 0.923. The largest absolute Gasteiger partial charge is 0.372 e. The molecular formula is C13H16N4OS. The van der Waals surface area contributed by atoms with Crippen LogP contribution in [-0.2, 0) is 24.1 Å². The van der Waals surface area contributed by atoms with Crippen LogP contribution in [0.15, 0.2) is 0 Å². The van der Waals surface area contributed by atoms with Crippen LogP contribution >= 0.6 is 11.3 Å². The molecule has 1 amide bonds. The number of nitrogens with one attached hydrogen (secondary N) is 1. The Morgan fingerprint density at radius 2 is 2.16 bits per heavy atom. The first-order valence-electron chi connectivity index (χ1n) is 6.46. The monoisotopic (exact) mass is 276 g/mol. The fraction of sp³-hybridized carbons (Fsp3) is 0.462. The Balaban J connectivity index is 2.19. The molecule has 0 fully saturated rings. The van der Waals surface area contributed by atoms with Crippen molar-refractivity contribution < 1.29 is 4.79 Å². The molecule has 0 atom stereocenters. The minimum Gasteiger partial charge on any atom is -0.372 e. The summed E-state index contributed by atoms with van der Waals surface area (Å²) < 4.78 is 0. The van der Waals surface area contributed by atoms with Gasteiger partial charge in [-0.15, -0.1) is 11.3 Å². The third-order valence-corrected chi connectivity index (χ3v) is 4.62. The fourth-order valence-corrected chi connectivity index (χ4v) is 3.90. The van der Waals surface area contributed by atoms with Crippen molar-refractivity contribution in [1.29, 1.82) is 0 Å². The Kier molecular flexibility index (Phi) is 3.10. The molecule has 0 unspecified atom stereocenters. The number of carbonyl (C=O) groups excluding carboxylic acids is 1. The quantitative estimate of drug-likeness (QED) is 0.893. The van der Waals surface area contributed by atoms with Crippen molar-refractivity contribution in [2.75, 3.05) is 12.4 Å². The maximum atomic E-state index is 11.0. The van der Waals surface area contributed by atoms with E-state index in [2.05, 4.69) is 15.3 Å². The van der Waals surface area contributed by atoms with Crippen molar-refractivity contribution >= 4 is 33.3 Å². The standard InChI is InChI=1S/C13H16N4OS/c1-15-12-11-7-4-2-3-5-8(7)19-13(11)17-10(16-12)6-9(14)18/h2-6H2,1H3,(H2,14,18)(H,15,16,17). The maximum absolute atomic E-state index is 11.0. The summed E-state index contributed by atoms with van der Waals surface area (Å²) in [5.41, 5.74) is 6.61. The van der Waals surface area contributed by atoms with Gasteiger partial charge in [-0.05, 0) is 31.2 Å². The summed E-state index contributed by atoms with van der Waals surface area (Å²) in [5, 5.41) is 4.26. The number of amides is 1. The second-order valence-electron chi connectivity index (χ2n) is 4.77. The van der Waals surface area contributed by atoms with Crippen LogP contribution in [0.4, 0.5) is 5.82 Å². The van der Waals surface area contributed by atoms with Gasteiger partial charge < -0.3 is 11.1 Å². The number of aromatic nitrogens is 2. The summed E-state index contributed by atoms with van der Waals surface area (Å²) in [4.78, 5) is 22.3. The van der Waals surface area contributed by atoms with Gasteiger partial charge in [-0.1, -0.05) is 0 Å². The number of thiophene rings is 1. The van der Waals surface area contributed by atoms with Crippen molar-refractivity contribution in [3.05, 3.63) is 16.3 Å². The van der Waals surface area contributed by atoms with Crippen LogP contribution in [0.2, 0.25) is 0 Å². The number of hydrogen-bond acceptors (Lipinski definition) is 5. The van der Waals surface area contributed by atoms with Gasteiger partial charge in [0.2, 0.25) is 5.91 Å². The topological polar surface area (TPSA) is 80.9 Å². The first kappa shape index (κ1) is 12.3. The van der Waals surface area contributed by atoms with Gasteiger partial charge in [0.1, 0.15) is 16.5 Å². The molecule has 2 heterocycles. The number of hydrogen-bond donors (Lipinski definition) is 2. The molecule has 0 saturated carbocycles. The Hall–Kier alpha value is -1.69. The molecule has 6 heteroatoms. The Morgan fingerprint density at radius 1 is 1.37 bits per heavy atom. The molecule has 19 heavy (non-hydrogen) atoms. The number of carbonyl (C=O) groups is 1. The summed E-state index contributed by atoms with van der Waals surface area (Å²) in [6, 6.07) is 0. The molecule has 3 N–H and O–H groups in total. The first-order valence-corrected chi connectivity index (χ1v) is 7.28. The van der Waals surface area contributed by atoms with E-state index in [1.54, 1.807) is 11.3 Å². The number of nitrogens with two attached hydrogens (primary N) is 1. The highest BCUT2D eigenvalue weighted by Gasteiger charge is 2.20. The van der Waals surface area contributed by atoms with Gasteiger partial charge in [0.25, 0.3) is 0 Å². The number of anilines is 1. The highest BCUT2D eigenvalue weighted by molar-refractivity contribution is 7.19. The van der Waals surface area contributed by atoms with Gasteiger partial charge in [0.15, 0.2) is 0 Å². The lowest BCUT2D eigenvalue weighted by molar-refractivity contribution is -0.117. The van der Waals surface area contributed by atoms with E-state index < -0.39 is 5.91 Å². The van der Waals surface area contributed by atoms with E-state index in [0.29, 0.717) is 5.82 Å². The molecule has 0 saturated heterocycles. The first-order chi connectivity index (χ1) is 9.19. The molecule has 1 aliphatic carbocycles. The lowest BCUT2D eigenvalue weighted by atomic mass is 9.97. The zero-order valence-corrected chi connectivity index (χ0v) is 11.6. The molecule has 100 valence electrons. The minimum absolute atomic E-state index is 0.0905. The molecule has 0 aromatic carbocycles. The molecule has 0 radical (unpaired) electrons. The van der Waals surface area contributed by atoms with Gasteiger partial charge >= 0.3 is 0 Å². The predicted octanol–water partition coefficient (Wildman–Crippen LogP) is 1.64. The van der Waals surface area contributed by atoms with Crippen LogP contribution in [0.5, 0.6) is 0 Å². The van der Waals surface area contributed by atoms with Crippen LogP contribution in [0.25, 0.3) is 10.2 Å². The molecular weight excluding hydrogens is 260 g/mol. The van der Waals surface area contributed by atoms with Crippen molar-refractivity contribution in [2.24, 2.45) is 5.73 Å². The summed E-state index contributed by atoms with van der Waals surface area (Å²) in [6.45, 7) is 0. The second-order valence-corrected chi connectivity index (χ2v) is 5.86. The Bertz CT molecular complexity index is 650. The van der Waals surface area contributed by atoms with E-state index in [4.69, 9.17) is 5.73 Å². The smallest absolute Gasteiger partial charge is 0.225 e. The number of nitrogens with zero attached hydrogens (tertiary/aromatic N) is 2. The van der Waals surface area contributed by atoms with E-state index in [1.165, 1.54) is 23.3 Å². The summed E-state index contributed by atoms with van der Waals surface area (Å²) >= 11 is 1.73. The number of rotatable bonds is 3. The zero-order valence-electron chi connectivity index (χ0n) is 10.8. The van der Waals surface area contributed by atoms with Gasteiger partial charge in [-0.3, -0.25) is 4.79 Å². The van der Waals surface area contributed by atoms with E-state index in [9.17, 15) is 4.79 Å². The minimum atomic E-state index is -0.400. The third-order valence-electron chi connectivity index (χ3n) is 3.43. The van der Waals surface area contributed by atoms with Crippen molar-refractivity contribution in [2.45, 2.75) is 32.1 Å². The Labute approximate surface area is 115 Å². The number of fused-ring (bicyclic) bond motifs is 3. The molecule has 1 aliphatic rings. The predicted molar refractivity (Wildman–Crippen MR) is 76.5 cm³/mol. The highest BCUT2D eigenvalue weighted by Crippen LogP contribution is 2.38. The summed E-state index contributed by atoms with van der Waals surface area (Å²) in [7, 11) is 1.85. The van der Waals surface area contributed by atoms with Crippen molar-refractivity contribution in [3.63, 3.8) is 0 Å². The molecule has 2 aromatic heterocycles. The van der Waals surface area contributed by atoms with E-state index >= 15 is 0 Å². The zero-order chi connectivity index (χ0) is 13.4. The lowest BCUT2D eigenvalue weighted by Crippen LogP contribution is -2.16. The van der Waals surface area contributed by atoms with Gasteiger partial charge in [0.05, 0.1) is 11.8 Å². The Morgan fingerprint density at radius 3 is 2.89 bits per heavy atom.